The van der Waals surface area contributed by atoms with Gasteiger partial charge in [-0.25, -0.2) is 0 Å². The van der Waals surface area contributed by atoms with Crippen LogP contribution in [0, 0.1) is 0 Å². The van der Waals surface area contributed by atoms with Crippen molar-refractivity contribution < 1.29 is 24.2 Å². The summed E-state index contributed by atoms with van der Waals surface area (Å²) in [5, 5.41) is 10.6. The van der Waals surface area contributed by atoms with Crippen molar-refractivity contribution in [3.05, 3.63) is 0 Å². The van der Waals surface area contributed by atoms with Gasteiger partial charge in [-0.05, 0) is 13.8 Å². The number of nitrogens with one attached hydrogen (secondary N) is 1. The highest BCUT2D eigenvalue weighted by atomic mass is 16.5. The number of carbonyl (C=O) groups excluding carboxylic acids is 2. The van der Waals surface area contributed by atoms with E-state index in [2.05, 4.69) is 10.1 Å². The maximum Gasteiger partial charge on any atom is 0.325 e. The van der Waals surface area contributed by atoms with Crippen molar-refractivity contribution in [2.24, 2.45) is 0 Å². The molecule has 0 heterocycles. The van der Waals surface area contributed by atoms with E-state index < -0.39 is 17.9 Å². The average Bonchev–Trinajstić information content (AvgIpc) is 2.02. The van der Waals surface area contributed by atoms with Gasteiger partial charge in [0.2, 0.25) is 5.91 Å². The van der Waals surface area contributed by atoms with Gasteiger partial charge in [0.25, 0.3) is 0 Å². The van der Waals surface area contributed by atoms with Crippen molar-refractivity contribution in [1.29, 1.82) is 0 Å². The second-order valence-electron chi connectivity index (χ2n) is 2.82. The summed E-state index contributed by atoms with van der Waals surface area (Å²) < 4.78 is 4.68. The Morgan fingerprint density at radius 2 is 1.93 bits per heavy atom. The van der Waals surface area contributed by atoms with E-state index in [4.69, 9.17) is 5.11 Å². The molecule has 0 spiro atoms. The molecule has 0 saturated carbocycles. The van der Waals surface area contributed by atoms with Crippen molar-refractivity contribution in [3.63, 3.8) is 0 Å². The molecule has 6 heteroatoms. The molecule has 0 aliphatic heterocycles. The van der Waals surface area contributed by atoms with Gasteiger partial charge in [-0.1, -0.05) is 0 Å². The minimum absolute atomic E-state index is 0.144. The van der Waals surface area contributed by atoms with Crippen LogP contribution >= 0.6 is 0 Å². The van der Waals surface area contributed by atoms with Crippen LogP contribution in [0.4, 0.5) is 0 Å². The lowest BCUT2D eigenvalue weighted by Crippen LogP contribution is -2.40. The van der Waals surface area contributed by atoms with Crippen LogP contribution in [0.1, 0.15) is 13.8 Å². The lowest BCUT2D eigenvalue weighted by Gasteiger charge is -2.08. The molecule has 0 bridgehead atoms. The maximum atomic E-state index is 10.9. The molecule has 0 fully saturated rings. The first kappa shape index (κ1) is 12.6. The Kier molecular flexibility index (Phi) is 5.47. The van der Waals surface area contributed by atoms with E-state index in [1.807, 2.05) is 0 Å². The van der Waals surface area contributed by atoms with Crippen molar-refractivity contribution in [2.45, 2.75) is 19.9 Å². The van der Waals surface area contributed by atoms with Gasteiger partial charge in [0.05, 0.1) is 0 Å². The van der Waals surface area contributed by atoms with Gasteiger partial charge in [-0.3, -0.25) is 14.4 Å². The van der Waals surface area contributed by atoms with Crippen LogP contribution in [0.15, 0.2) is 0 Å². The quantitative estimate of drug-likeness (QED) is 0.588. The maximum absolute atomic E-state index is 10.9. The Balaban J connectivity index is 3.65. The number of hydrogen-bond acceptors (Lipinski definition) is 4. The van der Waals surface area contributed by atoms with Gasteiger partial charge >= 0.3 is 5.97 Å². The molecule has 0 aliphatic carbocycles. The highest BCUT2D eigenvalue weighted by Crippen LogP contribution is 1.83. The fraction of sp³-hybridized carbons (Fsp3) is 0.625. The van der Waals surface area contributed by atoms with E-state index in [9.17, 15) is 14.4 Å². The lowest BCUT2D eigenvalue weighted by atomic mass is 10.3. The molecule has 0 aliphatic rings. The van der Waals surface area contributed by atoms with Gasteiger partial charge in [0, 0.05) is 0 Å². The minimum Gasteiger partial charge on any atom is -0.480 e. The number of ether oxygens (including phenoxy) is 1. The van der Waals surface area contributed by atoms with Crippen LogP contribution in [0.25, 0.3) is 0 Å². The van der Waals surface area contributed by atoms with Crippen LogP contribution in [-0.4, -0.2) is 42.0 Å². The number of aliphatic carboxylic acids is 1. The second kappa shape index (κ2) is 6.09. The van der Waals surface area contributed by atoms with Crippen LogP contribution in [0.2, 0.25) is 0 Å². The van der Waals surface area contributed by atoms with Crippen molar-refractivity contribution in [2.75, 3.05) is 13.2 Å². The van der Waals surface area contributed by atoms with E-state index in [0.717, 1.165) is 0 Å². The fourth-order valence-corrected chi connectivity index (χ4v) is 0.632. The molecule has 6 nitrogen and oxygen atoms in total. The number of rotatable bonds is 6. The van der Waals surface area contributed by atoms with E-state index >= 15 is 0 Å². The molecule has 0 aromatic heterocycles. The normalized spacial score (nSPS) is 11.9. The molecule has 0 rings (SSSR count). The summed E-state index contributed by atoms with van der Waals surface area (Å²) in [4.78, 5) is 31.6. The summed E-state index contributed by atoms with van der Waals surface area (Å²) in [7, 11) is 0. The molecule has 80 valence electrons. The topological polar surface area (TPSA) is 92.7 Å². The fourth-order valence-electron chi connectivity index (χ4n) is 0.632. The molecule has 2 N–H and O–H groups in total. The van der Waals surface area contributed by atoms with Gasteiger partial charge in [-0.2, -0.15) is 0 Å². The summed E-state index contributed by atoms with van der Waals surface area (Å²) >= 11 is 0. The number of carbonyl (C=O) groups is 3. The second-order valence-corrected chi connectivity index (χ2v) is 2.82. The minimum atomic E-state index is -1.12. The highest BCUT2D eigenvalue weighted by Gasteiger charge is 2.13. The van der Waals surface area contributed by atoms with E-state index in [1.165, 1.54) is 13.8 Å². The predicted octanol–water partition coefficient (Wildman–Crippen LogP) is -0.819. The number of carboxylic acids is 1. The Labute approximate surface area is 81.2 Å². The zero-order valence-electron chi connectivity index (χ0n) is 8.07. The van der Waals surface area contributed by atoms with Crippen molar-refractivity contribution in [3.8, 4) is 0 Å². The Hall–Kier alpha value is -1.43. The van der Waals surface area contributed by atoms with Crippen molar-refractivity contribution >= 4 is 17.7 Å². The summed E-state index contributed by atoms with van der Waals surface area (Å²) in [6, 6.07) is -0.955. The number of ketones is 1. The molecule has 14 heavy (non-hydrogen) atoms. The van der Waals surface area contributed by atoms with Crippen molar-refractivity contribution in [1.82, 2.24) is 5.32 Å². The smallest absolute Gasteiger partial charge is 0.325 e. The summed E-state index contributed by atoms with van der Waals surface area (Å²) in [5.41, 5.74) is 0. The Morgan fingerprint density at radius 1 is 1.36 bits per heavy atom. The van der Waals surface area contributed by atoms with Gasteiger partial charge < -0.3 is 15.2 Å². The molecule has 0 aromatic carbocycles. The third-order valence-corrected chi connectivity index (χ3v) is 1.29. The summed E-state index contributed by atoms with van der Waals surface area (Å²) in [6.07, 6.45) is 0. The molecule has 0 aromatic rings. The van der Waals surface area contributed by atoms with E-state index in [0.29, 0.717) is 0 Å². The average molecular weight is 203 g/mol. The zero-order chi connectivity index (χ0) is 11.1. The first-order valence-electron chi connectivity index (χ1n) is 4.03. The number of carboxylic acid groups (broad SMARTS) is 1. The molecule has 0 saturated heterocycles. The zero-order valence-corrected chi connectivity index (χ0v) is 8.07. The molecule has 0 radical (unpaired) electrons. The summed E-state index contributed by atoms with van der Waals surface area (Å²) in [5.74, 6) is -1.87. The van der Waals surface area contributed by atoms with Crippen LogP contribution in [-0.2, 0) is 19.1 Å². The van der Waals surface area contributed by atoms with Crippen LogP contribution < -0.4 is 5.32 Å². The lowest BCUT2D eigenvalue weighted by molar-refractivity contribution is -0.142. The molecule has 1 amide bonds. The SMILES string of the molecule is CC(=O)COCC(=O)N[C@@H](C)C(=O)O. The number of Topliss-reactive ketones (excluding diaryl/α,β-unsaturated/α-hetero) is 1. The first-order chi connectivity index (χ1) is 6.43. The third-order valence-electron chi connectivity index (χ3n) is 1.29. The van der Waals surface area contributed by atoms with Gasteiger partial charge in [0.15, 0.2) is 5.78 Å². The summed E-state index contributed by atoms with van der Waals surface area (Å²) in [6.45, 7) is 2.22. The first-order valence-corrected chi connectivity index (χ1v) is 4.03. The number of hydrogen-bond donors (Lipinski definition) is 2. The molecule has 1 atom stereocenters. The van der Waals surface area contributed by atoms with E-state index in [-0.39, 0.29) is 19.0 Å². The van der Waals surface area contributed by atoms with Gasteiger partial charge in [0.1, 0.15) is 19.3 Å². The third kappa shape index (κ3) is 6.13. The Morgan fingerprint density at radius 3 is 2.36 bits per heavy atom. The molecular weight excluding hydrogens is 190 g/mol. The molecular formula is C8H13NO5. The predicted molar refractivity (Wildman–Crippen MR) is 46.7 cm³/mol. The van der Waals surface area contributed by atoms with Crippen LogP contribution in [0.3, 0.4) is 0 Å². The largest absolute Gasteiger partial charge is 0.480 e. The standard InChI is InChI=1S/C8H13NO5/c1-5(10)3-14-4-7(11)9-6(2)8(12)13/h6H,3-4H2,1-2H3,(H,9,11)(H,12,13)/t6-/m0/s1. The monoisotopic (exact) mass is 203 g/mol. The number of amides is 1. The Bertz CT molecular complexity index is 238. The highest BCUT2D eigenvalue weighted by molar-refractivity contribution is 5.84. The van der Waals surface area contributed by atoms with Gasteiger partial charge in [-0.15, -0.1) is 0 Å². The van der Waals surface area contributed by atoms with Crippen LogP contribution in [0.5, 0.6) is 0 Å². The van der Waals surface area contributed by atoms with E-state index in [1.54, 1.807) is 0 Å². The molecule has 0 unspecified atom stereocenters.